The number of halogens is 1. The van der Waals surface area contributed by atoms with E-state index in [9.17, 15) is 19.6 Å². The van der Waals surface area contributed by atoms with Crippen molar-refractivity contribution in [2.45, 2.75) is 19.4 Å². The van der Waals surface area contributed by atoms with Crippen LogP contribution in [0.4, 0.5) is 21.5 Å². The molecule has 0 bridgehead atoms. The number of anilines is 2. The molecule has 2 aromatic rings. The van der Waals surface area contributed by atoms with E-state index in [1.807, 2.05) is 24.3 Å². The molecular formula is C19H22FN3O3. The van der Waals surface area contributed by atoms with Gasteiger partial charge < -0.3 is 15.3 Å². The molecule has 0 radical (unpaired) electrons. The van der Waals surface area contributed by atoms with Gasteiger partial charge in [-0.2, -0.15) is 0 Å². The highest BCUT2D eigenvalue weighted by molar-refractivity contribution is 5.61. The van der Waals surface area contributed by atoms with Crippen LogP contribution in [0.1, 0.15) is 18.4 Å². The van der Waals surface area contributed by atoms with Gasteiger partial charge in [-0.1, -0.05) is 12.1 Å². The average molecular weight is 359 g/mol. The lowest BCUT2D eigenvalue weighted by molar-refractivity contribution is -0.384. The highest BCUT2D eigenvalue weighted by Crippen LogP contribution is 2.26. The Morgan fingerprint density at radius 3 is 2.50 bits per heavy atom. The standard InChI is InChI=1S/C19H22FN3O3/c20-16-3-6-19(23(25)26)18(11-16)21-12-14-1-4-17(5-2-14)22-9-7-15(13-24)8-10-22/h1-6,11,15,21,24H,7-10,12-13H2. The van der Waals surface area contributed by atoms with Crippen LogP contribution in [0.2, 0.25) is 0 Å². The molecule has 26 heavy (non-hydrogen) atoms. The zero-order valence-electron chi connectivity index (χ0n) is 14.4. The molecule has 1 saturated heterocycles. The minimum atomic E-state index is -0.527. The number of nitrogens with zero attached hydrogens (tertiary/aromatic N) is 2. The molecule has 6 nitrogen and oxygen atoms in total. The molecule has 0 saturated carbocycles. The summed E-state index contributed by atoms with van der Waals surface area (Å²) in [6, 6.07) is 11.4. The Labute approximate surface area is 151 Å². The Morgan fingerprint density at radius 2 is 1.88 bits per heavy atom. The maximum absolute atomic E-state index is 13.4. The van der Waals surface area contributed by atoms with Crippen LogP contribution in [0.3, 0.4) is 0 Å². The first-order chi connectivity index (χ1) is 12.6. The first kappa shape index (κ1) is 18.1. The highest BCUT2D eigenvalue weighted by atomic mass is 19.1. The molecule has 2 N–H and O–H groups in total. The van der Waals surface area contributed by atoms with Gasteiger partial charge in [-0.3, -0.25) is 10.1 Å². The summed E-state index contributed by atoms with van der Waals surface area (Å²) >= 11 is 0. The molecule has 1 aliphatic rings. The third-order valence-electron chi connectivity index (χ3n) is 4.81. The number of aliphatic hydroxyl groups is 1. The Bertz CT molecular complexity index is 759. The number of piperidine rings is 1. The van der Waals surface area contributed by atoms with Crippen LogP contribution in [0.25, 0.3) is 0 Å². The monoisotopic (exact) mass is 359 g/mol. The van der Waals surface area contributed by atoms with E-state index in [1.165, 1.54) is 0 Å². The van der Waals surface area contributed by atoms with Crippen molar-refractivity contribution in [2.75, 3.05) is 29.9 Å². The summed E-state index contributed by atoms with van der Waals surface area (Å²) < 4.78 is 13.4. The fraction of sp³-hybridized carbons (Fsp3) is 0.368. The van der Waals surface area contributed by atoms with Crippen LogP contribution in [0.15, 0.2) is 42.5 Å². The molecule has 1 heterocycles. The Morgan fingerprint density at radius 1 is 1.19 bits per heavy atom. The molecule has 1 aliphatic heterocycles. The van der Waals surface area contributed by atoms with Gasteiger partial charge in [0.15, 0.2) is 0 Å². The van der Waals surface area contributed by atoms with Crippen molar-refractivity contribution >= 4 is 17.1 Å². The number of hydrogen-bond donors (Lipinski definition) is 2. The van der Waals surface area contributed by atoms with Gasteiger partial charge in [0.1, 0.15) is 11.5 Å². The molecular weight excluding hydrogens is 337 g/mol. The summed E-state index contributed by atoms with van der Waals surface area (Å²) in [4.78, 5) is 12.8. The summed E-state index contributed by atoms with van der Waals surface area (Å²) in [5.41, 5.74) is 2.11. The fourth-order valence-electron chi connectivity index (χ4n) is 3.20. The fourth-order valence-corrected chi connectivity index (χ4v) is 3.20. The van der Waals surface area contributed by atoms with E-state index in [0.29, 0.717) is 12.5 Å². The van der Waals surface area contributed by atoms with Crippen molar-refractivity contribution in [1.82, 2.24) is 0 Å². The largest absolute Gasteiger partial charge is 0.396 e. The van der Waals surface area contributed by atoms with Crippen LogP contribution < -0.4 is 10.2 Å². The van der Waals surface area contributed by atoms with Gasteiger partial charge in [-0.25, -0.2) is 4.39 Å². The topological polar surface area (TPSA) is 78.6 Å². The van der Waals surface area contributed by atoms with Crippen molar-refractivity contribution < 1.29 is 14.4 Å². The van der Waals surface area contributed by atoms with Crippen LogP contribution >= 0.6 is 0 Å². The van der Waals surface area contributed by atoms with Crippen molar-refractivity contribution in [3.8, 4) is 0 Å². The van der Waals surface area contributed by atoms with Gasteiger partial charge >= 0.3 is 0 Å². The summed E-state index contributed by atoms with van der Waals surface area (Å²) in [7, 11) is 0. The predicted molar refractivity (Wildman–Crippen MR) is 98.8 cm³/mol. The molecule has 3 rings (SSSR count). The predicted octanol–water partition coefficient (Wildman–Crippen LogP) is 3.55. The number of hydrogen-bond acceptors (Lipinski definition) is 5. The van der Waals surface area contributed by atoms with Crippen molar-refractivity contribution in [2.24, 2.45) is 5.92 Å². The van der Waals surface area contributed by atoms with E-state index in [2.05, 4.69) is 10.2 Å². The number of aliphatic hydroxyl groups excluding tert-OH is 1. The van der Waals surface area contributed by atoms with E-state index in [4.69, 9.17) is 0 Å². The Kier molecular flexibility index (Phi) is 5.68. The molecule has 0 aliphatic carbocycles. The molecule has 7 heteroatoms. The zero-order valence-corrected chi connectivity index (χ0v) is 14.4. The van der Waals surface area contributed by atoms with E-state index in [0.717, 1.165) is 55.4 Å². The summed E-state index contributed by atoms with van der Waals surface area (Å²) in [5.74, 6) is -0.114. The second-order valence-corrected chi connectivity index (χ2v) is 6.55. The highest BCUT2D eigenvalue weighted by Gasteiger charge is 2.18. The number of nitro benzene ring substituents is 1. The third kappa shape index (κ3) is 4.29. The van der Waals surface area contributed by atoms with Crippen LogP contribution in [-0.2, 0) is 6.54 Å². The number of nitro groups is 1. The average Bonchev–Trinajstić information content (AvgIpc) is 2.66. The summed E-state index contributed by atoms with van der Waals surface area (Å²) in [6.45, 7) is 2.48. The Balaban J connectivity index is 1.62. The molecule has 0 atom stereocenters. The quantitative estimate of drug-likeness (QED) is 0.609. The zero-order chi connectivity index (χ0) is 18.5. The molecule has 2 aromatic carbocycles. The summed E-state index contributed by atoms with van der Waals surface area (Å²) in [6.07, 6.45) is 1.98. The minimum absolute atomic E-state index is 0.144. The summed E-state index contributed by atoms with van der Waals surface area (Å²) in [5, 5.41) is 23.2. The van der Waals surface area contributed by atoms with Crippen molar-refractivity contribution in [1.29, 1.82) is 0 Å². The second-order valence-electron chi connectivity index (χ2n) is 6.55. The SMILES string of the molecule is O=[N+]([O-])c1ccc(F)cc1NCc1ccc(N2CCC(CO)CC2)cc1. The van der Waals surface area contributed by atoms with Gasteiger partial charge in [-0.15, -0.1) is 0 Å². The third-order valence-corrected chi connectivity index (χ3v) is 4.81. The number of rotatable bonds is 6. The van der Waals surface area contributed by atoms with Crippen molar-refractivity contribution in [3.05, 3.63) is 64.0 Å². The molecule has 0 unspecified atom stereocenters. The lowest BCUT2D eigenvalue weighted by Crippen LogP contribution is -2.34. The first-order valence-electron chi connectivity index (χ1n) is 8.69. The number of nitrogens with one attached hydrogen (secondary N) is 1. The van der Waals surface area contributed by atoms with Gasteiger partial charge in [0.2, 0.25) is 0 Å². The number of benzene rings is 2. The van der Waals surface area contributed by atoms with E-state index < -0.39 is 10.7 Å². The first-order valence-corrected chi connectivity index (χ1v) is 8.69. The Hall–Kier alpha value is -2.67. The van der Waals surface area contributed by atoms with E-state index in [-0.39, 0.29) is 18.0 Å². The van der Waals surface area contributed by atoms with Gasteiger partial charge in [-0.05, 0) is 42.5 Å². The molecule has 1 fully saturated rings. The van der Waals surface area contributed by atoms with E-state index in [1.54, 1.807) is 0 Å². The minimum Gasteiger partial charge on any atom is -0.396 e. The normalized spacial score (nSPS) is 15.1. The van der Waals surface area contributed by atoms with Crippen molar-refractivity contribution in [3.63, 3.8) is 0 Å². The van der Waals surface area contributed by atoms with Gasteiger partial charge in [0, 0.05) is 44.1 Å². The molecule has 0 amide bonds. The lowest BCUT2D eigenvalue weighted by atomic mass is 9.97. The second kappa shape index (κ2) is 8.14. The van der Waals surface area contributed by atoms with Crippen LogP contribution in [-0.4, -0.2) is 29.7 Å². The lowest BCUT2D eigenvalue weighted by Gasteiger charge is -2.33. The maximum atomic E-state index is 13.4. The van der Waals surface area contributed by atoms with Gasteiger partial charge in [0.05, 0.1) is 4.92 Å². The molecule has 138 valence electrons. The van der Waals surface area contributed by atoms with E-state index >= 15 is 0 Å². The maximum Gasteiger partial charge on any atom is 0.292 e. The van der Waals surface area contributed by atoms with Crippen LogP contribution in [0, 0.1) is 21.8 Å². The molecule has 0 aromatic heterocycles. The molecule has 0 spiro atoms. The van der Waals surface area contributed by atoms with Crippen LogP contribution in [0.5, 0.6) is 0 Å². The van der Waals surface area contributed by atoms with Gasteiger partial charge in [0.25, 0.3) is 5.69 Å². The smallest absolute Gasteiger partial charge is 0.292 e.